The van der Waals surface area contributed by atoms with Crippen LogP contribution in [0.25, 0.3) is 0 Å². The summed E-state index contributed by atoms with van der Waals surface area (Å²) < 4.78 is 28.5. The third kappa shape index (κ3) is 6.33. The Labute approximate surface area is 196 Å². The van der Waals surface area contributed by atoms with E-state index in [-0.39, 0.29) is 16.7 Å². The molecule has 2 aromatic rings. The molecular weight excluding hydrogens is 440 g/mol. The summed E-state index contributed by atoms with van der Waals surface area (Å²) >= 11 is 0. The van der Waals surface area contributed by atoms with Gasteiger partial charge >= 0.3 is 0 Å². The van der Waals surface area contributed by atoms with Gasteiger partial charge in [0.15, 0.2) is 0 Å². The normalized spacial score (nSPS) is 14.7. The third-order valence-electron chi connectivity index (χ3n) is 5.74. The van der Waals surface area contributed by atoms with Crippen LogP contribution in [0, 0.1) is 13.8 Å². The fourth-order valence-electron chi connectivity index (χ4n) is 3.69. The standard InChI is InChI=1S/C24H32N4O4S/c1-4-11-25-23(29)17-27-12-14-28(15-13-27)24(30)21-16-20(10-9-18(21)2)33(31,32)26-22-8-6-5-7-19(22)3/h5-10,16,26H,4,11-15,17H2,1-3H3,(H,25,29). The Balaban J connectivity index is 1.69. The molecule has 0 spiro atoms. The van der Waals surface area contributed by atoms with Crippen LogP contribution in [0.4, 0.5) is 5.69 Å². The van der Waals surface area contributed by atoms with Crippen LogP contribution in [0.1, 0.15) is 34.8 Å². The molecule has 0 saturated carbocycles. The molecule has 3 rings (SSSR count). The lowest BCUT2D eigenvalue weighted by Gasteiger charge is -2.34. The molecule has 0 unspecified atom stereocenters. The van der Waals surface area contributed by atoms with Crippen LogP contribution in [-0.4, -0.2) is 69.3 Å². The topological polar surface area (TPSA) is 98.8 Å². The van der Waals surface area contributed by atoms with Crippen LogP contribution in [0.3, 0.4) is 0 Å². The zero-order valence-electron chi connectivity index (χ0n) is 19.4. The number of benzene rings is 2. The van der Waals surface area contributed by atoms with E-state index in [1.807, 2.05) is 30.9 Å². The molecule has 1 heterocycles. The molecule has 2 aromatic carbocycles. The predicted octanol–water partition coefficient (Wildman–Crippen LogP) is 2.39. The first-order valence-electron chi connectivity index (χ1n) is 11.2. The number of anilines is 1. The Morgan fingerprint density at radius 2 is 1.67 bits per heavy atom. The largest absolute Gasteiger partial charge is 0.355 e. The minimum absolute atomic E-state index is 0.00784. The first kappa shape index (κ1) is 24.7. The lowest BCUT2D eigenvalue weighted by atomic mass is 10.1. The van der Waals surface area contributed by atoms with Gasteiger partial charge in [-0.25, -0.2) is 8.42 Å². The molecule has 2 amide bonds. The molecular formula is C24H32N4O4S. The quantitative estimate of drug-likeness (QED) is 0.615. The van der Waals surface area contributed by atoms with Gasteiger partial charge < -0.3 is 10.2 Å². The van der Waals surface area contributed by atoms with Gasteiger partial charge in [0.05, 0.1) is 17.1 Å². The van der Waals surface area contributed by atoms with E-state index in [1.54, 1.807) is 30.0 Å². The Kier molecular flexibility index (Phi) is 8.10. The molecule has 2 N–H and O–H groups in total. The van der Waals surface area contributed by atoms with Gasteiger partial charge in [0.25, 0.3) is 15.9 Å². The number of hydrogen-bond donors (Lipinski definition) is 2. The summed E-state index contributed by atoms with van der Waals surface area (Å²) in [5.41, 5.74) is 2.41. The number of nitrogens with one attached hydrogen (secondary N) is 2. The van der Waals surface area contributed by atoms with Gasteiger partial charge in [-0.15, -0.1) is 0 Å². The summed E-state index contributed by atoms with van der Waals surface area (Å²) in [4.78, 5) is 28.9. The van der Waals surface area contributed by atoms with E-state index in [4.69, 9.17) is 0 Å². The molecule has 0 atom stereocenters. The van der Waals surface area contributed by atoms with Gasteiger partial charge in [0.1, 0.15) is 0 Å². The van der Waals surface area contributed by atoms with Crippen molar-refractivity contribution in [1.29, 1.82) is 0 Å². The summed E-state index contributed by atoms with van der Waals surface area (Å²) in [6.45, 7) is 8.77. The van der Waals surface area contributed by atoms with Crippen LogP contribution >= 0.6 is 0 Å². The zero-order chi connectivity index (χ0) is 24.0. The van der Waals surface area contributed by atoms with Crippen molar-refractivity contribution < 1.29 is 18.0 Å². The molecule has 1 aliphatic heterocycles. The predicted molar refractivity (Wildman–Crippen MR) is 129 cm³/mol. The Morgan fingerprint density at radius 1 is 0.970 bits per heavy atom. The van der Waals surface area contributed by atoms with Crippen LogP contribution in [0.15, 0.2) is 47.4 Å². The number of nitrogens with zero attached hydrogens (tertiary/aromatic N) is 2. The van der Waals surface area contributed by atoms with Gasteiger partial charge in [0.2, 0.25) is 5.91 Å². The van der Waals surface area contributed by atoms with Crippen molar-refractivity contribution >= 4 is 27.5 Å². The maximum Gasteiger partial charge on any atom is 0.261 e. The van der Waals surface area contributed by atoms with Crippen LogP contribution in [0.5, 0.6) is 0 Å². The molecule has 0 aliphatic carbocycles. The average molecular weight is 473 g/mol. The van der Waals surface area contributed by atoms with E-state index in [0.29, 0.717) is 50.5 Å². The number of carbonyl (C=O) groups excluding carboxylic acids is 2. The monoisotopic (exact) mass is 472 g/mol. The second-order valence-electron chi connectivity index (χ2n) is 8.32. The SMILES string of the molecule is CCCNC(=O)CN1CCN(C(=O)c2cc(S(=O)(=O)Nc3ccccc3C)ccc2C)CC1. The van der Waals surface area contributed by atoms with Gasteiger partial charge in [-0.05, 0) is 49.6 Å². The first-order valence-corrected chi connectivity index (χ1v) is 12.7. The van der Waals surface area contributed by atoms with E-state index in [0.717, 1.165) is 17.5 Å². The molecule has 1 fully saturated rings. The Morgan fingerprint density at radius 3 is 2.33 bits per heavy atom. The number of carbonyl (C=O) groups is 2. The van der Waals surface area contributed by atoms with Crippen molar-refractivity contribution in [2.24, 2.45) is 0 Å². The summed E-state index contributed by atoms with van der Waals surface area (Å²) in [6.07, 6.45) is 0.891. The number of para-hydroxylation sites is 1. The van der Waals surface area contributed by atoms with Crippen molar-refractivity contribution in [2.45, 2.75) is 32.1 Å². The van der Waals surface area contributed by atoms with Gasteiger partial charge in [-0.3, -0.25) is 19.2 Å². The van der Waals surface area contributed by atoms with Gasteiger partial charge in [-0.2, -0.15) is 0 Å². The van der Waals surface area contributed by atoms with E-state index in [9.17, 15) is 18.0 Å². The lowest BCUT2D eigenvalue weighted by molar-refractivity contribution is -0.122. The highest BCUT2D eigenvalue weighted by molar-refractivity contribution is 7.92. The van der Waals surface area contributed by atoms with Crippen LogP contribution in [-0.2, 0) is 14.8 Å². The summed E-state index contributed by atoms with van der Waals surface area (Å²) in [5, 5.41) is 2.86. The summed E-state index contributed by atoms with van der Waals surface area (Å²) in [7, 11) is -3.84. The summed E-state index contributed by atoms with van der Waals surface area (Å²) in [5.74, 6) is -0.206. The number of hydrogen-bond acceptors (Lipinski definition) is 5. The number of rotatable bonds is 8. The average Bonchev–Trinajstić information content (AvgIpc) is 2.79. The van der Waals surface area contributed by atoms with E-state index < -0.39 is 10.0 Å². The fraction of sp³-hybridized carbons (Fsp3) is 0.417. The second-order valence-corrected chi connectivity index (χ2v) is 10.00. The Hall–Kier alpha value is -2.91. The molecule has 1 aliphatic rings. The molecule has 0 bridgehead atoms. The van der Waals surface area contributed by atoms with Gasteiger partial charge in [-0.1, -0.05) is 31.2 Å². The maximum atomic E-state index is 13.2. The van der Waals surface area contributed by atoms with Crippen molar-refractivity contribution in [1.82, 2.24) is 15.1 Å². The second kappa shape index (κ2) is 10.8. The molecule has 33 heavy (non-hydrogen) atoms. The summed E-state index contributed by atoms with van der Waals surface area (Å²) in [6, 6.07) is 11.8. The van der Waals surface area contributed by atoms with Crippen LogP contribution < -0.4 is 10.0 Å². The van der Waals surface area contributed by atoms with Crippen LogP contribution in [0.2, 0.25) is 0 Å². The van der Waals surface area contributed by atoms with Crippen molar-refractivity contribution in [3.63, 3.8) is 0 Å². The highest BCUT2D eigenvalue weighted by Gasteiger charge is 2.26. The minimum Gasteiger partial charge on any atom is -0.355 e. The molecule has 178 valence electrons. The lowest BCUT2D eigenvalue weighted by Crippen LogP contribution is -2.51. The molecule has 0 aromatic heterocycles. The van der Waals surface area contributed by atoms with E-state index >= 15 is 0 Å². The molecule has 9 heteroatoms. The molecule has 8 nitrogen and oxygen atoms in total. The number of piperazine rings is 1. The number of aryl methyl sites for hydroxylation is 2. The fourth-order valence-corrected chi connectivity index (χ4v) is 4.85. The zero-order valence-corrected chi connectivity index (χ0v) is 20.2. The minimum atomic E-state index is -3.84. The first-order chi connectivity index (χ1) is 15.7. The smallest absolute Gasteiger partial charge is 0.261 e. The van der Waals surface area contributed by atoms with E-state index in [2.05, 4.69) is 10.0 Å². The molecule has 1 saturated heterocycles. The Bertz CT molecular complexity index is 1110. The van der Waals surface area contributed by atoms with Crippen molar-refractivity contribution in [3.8, 4) is 0 Å². The molecule has 0 radical (unpaired) electrons. The number of sulfonamides is 1. The number of amides is 2. The highest BCUT2D eigenvalue weighted by atomic mass is 32.2. The van der Waals surface area contributed by atoms with Crippen molar-refractivity contribution in [2.75, 3.05) is 44.0 Å². The maximum absolute atomic E-state index is 13.2. The third-order valence-corrected chi connectivity index (χ3v) is 7.10. The van der Waals surface area contributed by atoms with E-state index in [1.165, 1.54) is 12.1 Å². The highest BCUT2D eigenvalue weighted by Crippen LogP contribution is 2.22. The van der Waals surface area contributed by atoms with Gasteiger partial charge in [0, 0.05) is 38.3 Å². The van der Waals surface area contributed by atoms with Crippen molar-refractivity contribution in [3.05, 3.63) is 59.2 Å².